The lowest BCUT2D eigenvalue weighted by Gasteiger charge is -2.19. The number of carbonyl (C=O) groups excluding carboxylic acids is 2. The molecule has 0 radical (unpaired) electrons. The first-order valence-electron chi connectivity index (χ1n) is 10.1. The van der Waals surface area contributed by atoms with Gasteiger partial charge in [-0.05, 0) is 42.8 Å². The van der Waals surface area contributed by atoms with Crippen LogP contribution in [0.5, 0.6) is 0 Å². The Hall–Kier alpha value is -4.06. The second-order valence-corrected chi connectivity index (χ2v) is 7.02. The first-order valence-corrected chi connectivity index (χ1v) is 10.1. The molecule has 0 bridgehead atoms. The van der Waals surface area contributed by atoms with Crippen LogP contribution in [-0.4, -0.2) is 23.5 Å². The Morgan fingerprint density at radius 3 is 2.32 bits per heavy atom. The van der Waals surface area contributed by atoms with E-state index in [2.05, 4.69) is 15.6 Å². The van der Waals surface area contributed by atoms with Gasteiger partial charge in [-0.2, -0.15) is 0 Å². The number of ketones is 1. The number of H-pyrrole nitrogens is 1. The number of fused-ring (bicyclic) bond motifs is 1. The molecule has 4 rings (SSSR count). The predicted octanol–water partition coefficient (Wildman–Crippen LogP) is 5.77. The number of aromatic amines is 1. The zero-order chi connectivity index (χ0) is 21.6. The zero-order valence-electron chi connectivity index (χ0n) is 17.1. The Balaban J connectivity index is 1.61. The minimum absolute atomic E-state index is 0.0302. The van der Waals surface area contributed by atoms with Crippen LogP contribution in [0.1, 0.15) is 28.9 Å². The summed E-state index contributed by atoms with van der Waals surface area (Å²) in [6.07, 6.45) is 1.26. The monoisotopic (exact) mass is 413 g/mol. The highest BCUT2D eigenvalue weighted by molar-refractivity contribution is 6.11. The number of amides is 1. The Labute approximate surface area is 180 Å². The number of carbonyl (C=O) groups is 2. The smallest absolute Gasteiger partial charge is 0.411 e. The van der Waals surface area contributed by atoms with E-state index in [1.807, 2.05) is 66.7 Å². The second-order valence-electron chi connectivity index (χ2n) is 7.02. The lowest BCUT2D eigenvalue weighted by Crippen LogP contribution is -2.21. The lowest BCUT2D eigenvalue weighted by molar-refractivity contribution is 0.0971. The van der Waals surface area contributed by atoms with Crippen LogP contribution in [0.25, 0.3) is 10.9 Å². The van der Waals surface area contributed by atoms with Crippen molar-refractivity contribution in [3.8, 4) is 0 Å². The molecule has 0 spiro atoms. The van der Waals surface area contributed by atoms with Crippen molar-refractivity contribution in [3.05, 3.63) is 96.2 Å². The number of para-hydroxylation sites is 1. The van der Waals surface area contributed by atoms with Gasteiger partial charge in [-0.25, -0.2) is 4.79 Å². The second kappa shape index (κ2) is 9.17. The van der Waals surface area contributed by atoms with E-state index in [-0.39, 0.29) is 5.78 Å². The zero-order valence-corrected chi connectivity index (χ0v) is 17.1. The summed E-state index contributed by atoms with van der Waals surface area (Å²) < 4.78 is 4.89. The topological polar surface area (TPSA) is 83.2 Å². The highest BCUT2D eigenvalue weighted by Gasteiger charge is 2.24. The van der Waals surface area contributed by atoms with Crippen molar-refractivity contribution in [2.24, 2.45) is 0 Å². The van der Waals surface area contributed by atoms with Crippen molar-refractivity contribution in [3.63, 3.8) is 0 Å². The quantitative estimate of drug-likeness (QED) is 0.336. The third-order valence-corrected chi connectivity index (χ3v) is 4.97. The molecule has 0 aliphatic carbocycles. The number of nitrogens with one attached hydrogen (secondary N) is 3. The molecule has 6 heteroatoms. The summed E-state index contributed by atoms with van der Waals surface area (Å²) in [4.78, 5) is 28.3. The summed E-state index contributed by atoms with van der Waals surface area (Å²) in [5.74, 6) is -0.0302. The van der Waals surface area contributed by atoms with E-state index >= 15 is 0 Å². The molecule has 0 saturated heterocycles. The lowest BCUT2D eigenvalue weighted by atomic mass is 9.96. The normalized spacial score (nSPS) is 11.6. The molecule has 0 aliphatic rings. The minimum Gasteiger partial charge on any atom is -0.450 e. The molecule has 1 amide bonds. The van der Waals surface area contributed by atoms with Gasteiger partial charge in [0, 0.05) is 34.0 Å². The van der Waals surface area contributed by atoms with Crippen molar-refractivity contribution < 1.29 is 14.3 Å². The number of hydrogen-bond acceptors (Lipinski definition) is 4. The molecule has 1 aromatic heterocycles. The summed E-state index contributed by atoms with van der Waals surface area (Å²) in [5.41, 5.74) is 3.80. The number of benzene rings is 3. The van der Waals surface area contributed by atoms with E-state index in [1.165, 1.54) is 0 Å². The standard InChI is InChI=1S/C25H23N3O3/c1-2-31-25(30)28-19-14-12-18(13-15-19)27-23(17-8-4-3-5-9-17)24(29)21-16-26-22-11-7-6-10-20(21)22/h3-16,23,26-27H,2H2,1H3,(H,28,30). The maximum atomic E-state index is 13.6. The highest BCUT2D eigenvalue weighted by Crippen LogP contribution is 2.28. The van der Waals surface area contributed by atoms with Gasteiger partial charge < -0.3 is 15.0 Å². The van der Waals surface area contributed by atoms with Gasteiger partial charge in [-0.15, -0.1) is 0 Å². The molecule has 4 aromatic rings. The molecule has 6 nitrogen and oxygen atoms in total. The SMILES string of the molecule is CCOC(=O)Nc1ccc(NC(C(=O)c2c[nH]c3ccccc23)c2ccccc2)cc1. The summed E-state index contributed by atoms with van der Waals surface area (Å²) >= 11 is 0. The van der Waals surface area contributed by atoms with Crippen molar-refractivity contribution in [1.82, 2.24) is 4.98 Å². The first-order chi connectivity index (χ1) is 15.2. The van der Waals surface area contributed by atoms with E-state index in [4.69, 9.17) is 4.74 Å². The molecule has 0 aliphatic heterocycles. The third kappa shape index (κ3) is 4.59. The van der Waals surface area contributed by atoms with Crippen LogP contribution in [0.3, 0.4) is 0 Å². The average Bonchev–Trinajstić information content (AvgIpc) is 3.23. The molecule has 31 heavy (non-hydrogen) atoms. The first kappa shape index (κ1) is 20.2. The molecular weight excluding hydrogens is 390 g/mol. The largest absolute Gasteiger partial charge is 0.450 e. The molecule has 156 valence electrons. The van der Waals surface area contributed by atoms with Crippen LogP contribution >= 0.6 is 0 Å². The minimum atomic E-state index is -0.565. The van der Waals surface area contributed by atoms with Gasteiger partial charge >= 0.3 is 6.09 Å². The Morgan fingerprint density at radius 1 is 0.903 bits per heavy atom. The highest BCUT2D eigenvalue weighted by atomic mass is 16.5. The fraction of sp³-hybridized carbons (Fsp3) is 0.120. The summed E-state index contributed by atoms with van der Waals surface area (Å²) in [7, 11) is 0. The molecule has 1 atom stereocenters. The fourth-order valence-electron chi connectivity index (χ4n) is 3.48. The van der Waals surface area contributed by atoms with Crippen molar-refractivity contribution in [2.75, 3.05) is 17.2 Å². The summed E-state index contributed by atoms with van der Waals surface area (Å²) in [6.45, 7) is 2.06. The number of aromatic nitrogens is 1. The van der Waals surface area contributed by atoms with Gasteiger partial charge in [0.1, 0.15) is 6.04 Å². The van der Waals surface area contributed by atoms with Gasteiger partial charge in [0.25, 0.3) is 0 Å². The van der Waals surface area contributed by atoms with Crippen LogP contribution in [0.4, 0.5) is 16.2 Å². The molecule has 3 aromatic carbocycles. The molecule has 0 fully saturated rings. The van der Waals surface area contributed by atoms with Crippen molar-refractivity contribution >= 4 is 34.2 Å². The number of Topliss-reactive ketones (excluding diaryl/α,β-unsaturated/α-hetero) is 1. The Bertz CT molecular complexity index is 1180. The number of ether oxygens (including phenoxy) is 1. The van der Waals surface area contributed by atoms with Crippen LogP contribution in [-0.2, 0) is 4.74 Å². The Kier molecular flexibility index (Phi) is 5.98. The van der Waals surface area contributed by atoms with E-state index in [1.54, 1.807) is 25.3 Å². The molecule has 3 N–H and O–H groups in total. The van der Waals surface area contributed by atoms with Gasteiger partial charge in [-0.1, -0.05) is 48.5 Å². The molecule has 1 heterocycles. The summed E-state index contributed by atoms with van der Waals surface area (Å²) in [6, 6.07) is 24.0. The number of hydrogen-bond donors (Lipinski definition) is 3. The average molecular weight is 413 g/mol. The van der Waals surface area contributed by atoms with Crippen LogP contribution < -0.4 is 10.6 Å². The predicted molar refractivity (Wildman–Crippen MR) is 123 cm³/mol. The van der Waals surface area contributed by atoms with Crippen molar-refractivity contribution in [1.29, 1.82) is 0 Å². The number of anilines is 2. The maximum Gasteiger partial charge on any atom is 0.411 e. The van der Waals surface area contributed by atoms with Crippen molar-refractivity contribution in [2.45, 2.75) is 13.0 Å². The summed E-state index contributed by atoms with van der Waals surface area (Å²) in [5, 5.41) is 6.90. The van der Waals surface area contributed by atoms with E-state index in [9.17, 15) is 9.59 Å². The molecule has 0 saturated carbocycles. The van der Waals surface area contributed by atoms with Gasteiger partial charge in [0.15, 0.2) is 5.78 Å². The molecular formula is C25H23N3O3. The van der Waals surface area contributed by atoms with Gasteiger partial charge in [0.2, 0.25) is 0 Å². The van der Waals surface area contributed by atoms with Crippen LogP contribution in [0, 0.1) is 0 Å². The van der Waals surface area contributed by atoms with Crippen LogP contribution in [0.15, 0.2) is 85.1 Å². The van der Waals surface area contributed by atoms with Gasteiger partial charge in [-0.3, -0.25) is 10.1 Å². The van der Waals surface area contributed by atoms with E-state index in [0.717, 1.165) is 22.2 Å². The Morgan fingerprint density at radius 2 is 1.58 bits per heavy atom. The number of rotatable bonds is 7. The molecule has 1 unspecified atom stereocenters. The van der Waals surface area contributed by atoms with Crippen LogP contribution in [0.2, 0.25) is 0 Å². The maximum absolute atomic E-state index is 13.6. The van der Waals surface area contributed by atoms with E-state index in [0.29, 0.717) is 17.9 Å². The van der Waals surface area contributed by atoms with Gasteiger partial charge in [0.05, 0.1) is 6.61 Å². The third-order valence-electron chi connectivity index (χ3n) is 4.97. The van der Waals surface area contributed by atoms with E-state index < -0.39 is 12.1 Å². The fourth-order valence-corrected chi connectivity index (χ4v) is 3.48.